The predicted octanol–water partition coefficient (Wildman–Crippen LogP) is 2.74. The molecule has 0 aliphatic heterocycles. The standard InChI is InChI=1S/C7H7ClN2S.ClH/c8-5-2-4-11-7(5)6(10)1-3-9;/h2,4,6H,1,10H2;1H/t6-;/m1./s1. The van der Waals surface area contributed by atoms with E-state index in [4.69, 9.17) is 22.6 Å². The molecule has 0 aliphatic rings. The van der Waals surface area contributed by atoms with Crippen molar-refractivity contribution in [3.8, 4) is 6.07 Å². The molecule has 0 bridgehead atoms. The second-order valence-electron chi connectivity index (χ2n) is 2.10. The van der Waals surface area contributed by atoms with Crippen LogP contribution in [0.2, 0.25) is 5.02 Å². The van der Waals surface area contributed by atoms with Crippen molar-refractivity contribution < 1.29 is 0 Å². The molecule has 2 N–H and O–H groups in total. The molecule has 0 amide bonds. The summed E-state index contributed by atoms with van der Waals surface area (Å²) in [5.41, 5.74) is 5.65. The zero-order chi connectivity index (χ0) is 8.27. The van der Waals surface area contributed by atoms with Crippen LogP contribution in [0.4, 0.5) is 0 Å². The Bertz CT molecular complexity index is 279. The van der Waals surface area contributed by atoms with E-state index in [1.165, 1.54) is 11.3 Å². The molecule has 12 heavy (non-hydrogen) atoms. The van der Waals surface area contributed by atoms with E-state index in [1.807, 2.05) is 11.4 Å². The molecule has 0 unspecified atom stereocenters. The zero-order valence-electron chi connectivity index (χ0n) is 6.16. The molecule has 1 aromatic heterocycles. The van der Waals surface area contributed by atoms with Crippen molar-refractivity contribution >= 4 is 35.3 Å². The quantitative estimate of drug-likeness (QED) is 0.837. The lowest BCUT2D eigenvalue weighted by atomic mass is 10.2. The van der Waals surface area contributed by atoms with Gasteiger partial charge < -0.3 is 5.73 Å². The average molecular weight is 223 g/mol. The van der Waals surface area contributed by atoms with Crippen LogP contribution in [-0.4, -0.2) is 0 Å². The van der Waals surface area contributed by atoms with Crippen molar-refractivity contribution in [2.45, 2.75) is 12.5 Å². The minimum absolute atomic E-state index is 0. The van der Waals surface area contributed by atoms with Crippen LogP contribution < -0.4 is 5.73 Å². The van der Waals surface area contributed by atoms with Gasteiger partial charge in [0, 0.05) is 4.88 Å². The summed E-state index contributed by atoms with van der Waals surface area (Å²) in [5.74, 6) is 0. The van der Waals surface area contributed by atoms with Crippen LogP contribution in [0.3, 0.4) is 0 Å². The molecule has 2 nitrogen and oxygen atoms in total. The van der Waals surface area contributed by atoms with Crippen LogP contribution in [0, 0.1) is 11.3 Å². The van der Waals surface area contributed by atoms with E-state index in [0.717, 1.165) is 4.88 Å². The van der Waals surface area contributed by atoms with Gasteiger partial charge in [0.15, 0.2) is 0 Å². The Morgan fingerprint density at radius 2 is 2.42 bits per heavy atom. The second-order valence-corrected chi connectivity index (χ2v) is 3.46. The molecule has 1 heterocycles. The maximum atomic E-state index is 8.36. The van der Waals surface area contributed by atoms with Crippen molar-refractivity contribution in [2.75, 3.05) is 0 Å². The van der Waals surface area contributed by atoms with Gasteiger partial charge in [-0.1, -0.05) is 11.6 Å². The number of nitrogens with zero attached hydrogens (tertiary/aromatic N) is 1. The fourth-order valence-corrected chi connectivity index (χ4v) is 1.96. The minimum atomic E-state index is -0.229. The van der Waals surface area contributed by atoms with Gasteiger partial charge in [-0.25, -0.2) is 0 Å². The third-order valence-electron chi connectivity index (χ3n) is 1.29. The lowest BCUT2D eigenvalue weighted by Gasteiger charge is -2.03. The van der Waals surface area contributed by atoms with E-state index < -0.39 is 0 Å². The molecule has 66 valence electrons. The maximum Gasteiger partial charge on any atom is 0.0642 e. The Labute approximate surface area is 86.4 Å². The van der Waals surface area contributed by atoms with Crippen LogP contribution in [0.1, 0.15) is 17.3 Å². The van der Waals surface area contributed by atoms with Crippen molar-refractivity contribution in [3.63, 3.8) is 0 Å². The first-order chi connectivity index (χ1) is 5.25. The predicted molar refractivity (Wildman–Crippen MR) is 53.7 cm³/mol. The second kappa shape index (κ2) is 5.39. The first-order valence-corrected chi connectivity index (χ1v) is 4.37. The lowest BCUT2D eigenvalue weighted by molar-refractivity contribution is 0.765. The van der Waals surface area contributed by atoms with Gasteiger partial charge in [0.05, 0.1) is 23.6 Å². The van der Waals surface area contributed by atoms with E-state index in [9.17, 15) is 0 Å². The fourth-order valence-electron chi connectivity index (χ4n) is 0.761. The molecule has 0 radical (unpaired) electrons. The Morgan fingerprint density at radius 3 is 2.83 bits per heavy atom. The highest BCUT2D eigenvalue weighted by molar-refractivity contribution is 7.10. The molecule has 5 heteroatoms. The Hall–Kier alpha value is -0.270. The number of nitrogens with two attached hydrogens (primary N) is 1. The maximum absolute atomic E-state index is 8.36. The van der Waals surface area contributed by atoms with E-state index >= 15 is 0 Å². The third kappa shape index (κ3) is 2.65. The van der Waals surface area contributed by atoms with Crippen molar-refractivity contribution in [1.29, 1.82) is 5.26 Å². The molecule has 1 rings (SSSR count). The van der Waals surface area contributed by atoms with Gasteiger partial charge in [0.2, 0.25) is 0 Å². The van der Waals surface area contributed by atoms with Crippen LogP contribution in [-0.2, 0) is 0 Å². The molecule has 0 aliphatic carbocycles. The van der Waals surface area contributed by atoms with Gasteiger partial charge in [0.1, 0.15) is 0 Å². The summed E-state index contributed by atoms with van der Waals surface area (Å²) in [5, 5.41) is 10.9. The van der Waals surface area contributed by atoms with Crippen molar-refractivity contribution in [1.82, 2.24) is 0 Å². The normalized spacial score (nSPS) is 11.4. The summed E-state index contributed by atoms with van der Waals surface area (Å²) in [6.07, 6.45) is 0.320. The van der Waals surface area contributed by atoms with Crippen LogP contribution in [0.25, 0.3) is 0 Å². The molecular weight excluding hydrogens is 215 g/mol. The number of hydrogen-bond donors (Lipinski definition) is 1. The molecule has 1 aromatic rings. The van der Waals surface area contributed by atoms with Gasteiger partial charge in [-0.3, -0.25) is 0 Å². The highest BCUT2D eigenvalue weighted by Crippen LogP contribution is 2.28. The summed E-state index contributed by atoms with van der Waals surface area (Å²) >= 11 is 7.28. The van der Waals surface area contributed by atoms with Crippen LogP contribution in [0.5, 0.6) is 0 Å². The fraction of sp³-hybridized carbons (Fsp3) is 0.286. The lowest BCUT2D eigenvalue weighted by Crippen LogP contribution is -2.07. The van der Waals surface area contributed by atoms with Gasteiger partial charge in [0.25, 0.3) is 0 Å². The number of rotatable bonds is 2. The SMILES string of the molecule is Cl.N#CC[C@@H](N)c1sccc1Cl. The molecule has 0 saturated heterocycles. The number of thiophene rings is 1. The molecule has 0 aromatic carbocycles. The van der Waals surface area contributed by atoms with E-state index in [0.29, 0.717) is 11.4 Å². The third-order valence-corrected chi connectivity index (χ3v) is 2.78. The molecule has 1 atom stereocenters. The summed E-state index contributed by atoms with van der Waals surface area (Å²) in [6.45, 7) is 0. The largest absolute Gasteiger partial charge is 0.322 e. The number of nitriles is 1. The van der Waals surface area contributed by atoms with Gasteiger partial charge >= 0.3 is 0 Å². The zero-order valence-corrected chi connectivity index (χ0v) is 8.55. The molecular formula is C7H8Cl2N2S. The first kappa shape index (κ1) is 11.7. The monoisotopic (exact) mass is 222 g/mol. The molecule has 0 saturated carbocycles. The number of hydrogen-bond acceptors (Lipinski definition) is 3. The average Bonchev–Trinajstić information content (AvgIpc) is 2.36. The van der Waals surface area contributed by atoms with Gasteiger partial charge in [-0.05, 0) is 11.4 Å². The van der Waals surface area contributed by atoms with Crippen molar-refractivity contribution in [3.05, 3.63) is 21.3 Å². The number of halogens is 2. The summed E-state index contributed by atoms with van der Waals surface area (Å²) < 4.78 is 0. The summed E-state index contributed by atoms with van der Waals surface area (Å²) in [4.78, 5) is 0.896. The highest BCUT2D eigenvalue weighted by atomic mass is 35.5. The van der Waals surface area contributed by atoms with Gasteiger partial charge in [-0.15, -0.1) is 23.7 Å². The Balaban J connectivity index is 0.00000121. The van der Waals surface area contributed by atoms with E-state index in [2.05, 4.69) is 0 Å². The van der Waals surface area contributed by atoms with E-state index in [1.54, 1.807) is 6.07 Å². The highest BCUT2D eigenvalue weighted by Gasteiger charge is 2.10. The van der Waals surface area contributed by atoms with E-state index in [-0.39, 0.29) is 18.4 Å². The summed E-state index contributed by atoms with van der Waals surface area (Å²) in [6, 6.07) is 3.57. The Kier molecular flexibility index (Phi) is 5.27. The minimum Gasteiger partial charge on any atom is -0.322 e. The molecule has 0 spiro atoms. The van der Waals surface area contributed by atoms with Crippen molar-refractivity contribution in [2.24, 2.45) is 5.73 Å². The van der Waals surface area contributed by atoms with Crippen LogP contribution >= 0.6 is 35.3 Å². The molecule has 0 fully saturated rings. The van der Waals surface area contributed by atoms with Gasteiger partial charge in [-0.2, -0.15) is 5.26 Å². The smallest absolute Gasteiger partial charge is 0.0642 e. The topological polar surface area (TPSA) is 49.8 Å². The summed E-state index contributed by atoms with van der Waals surface area (Å²) in [7, 11) is 0. The first-order valence-electron chi connectivity index (χ1n) is 3.11. The van der Waals surface area contributed by atoms with Crippen LogP contribution in [0.15, 0.2) is 11.4 Å². The Morgan fingerprint density at radius 1 is 1.75 bits per heavy atom.